The van der Waals surface area contributed by atoms with Gasteiger partial charge in [0.25, 0.3) is 0 Å². The fourth-order valence-electron chi connectivity index (χ4n) is 2.77. The maximum Gasteiger partial charge on any atom is 0.410 e. The molecule has 2 aliphatic rings. The van der Waals surface area contributed by atoms with Gasteiger partial charge >= 0.3 is 6.09 Å². The van der Waals surface area contributed by atoms with E-state index in [1.165, 1.54) is 0 Å². The molecule has 0 N–H and O–H groups in total. The number of pyridine rings is 1. The van der Waals surface area contributed by atoms with Gasteiger partial charge < -0.3 is 4.74 Å². The van der Waals surface area contributed by atoms with Crippen LogP contribution in [0.5, 0.6) is 0 Å². The number of cyclic esters (lactones) is 1. The zero-order valence-electron chi connectivity index (χ0n) is 11.2. The van der Waals surface area contributed by atoms with Gasteiger partial charge in [0, 0.05) is 44.0 Å². The third-order valence-corrected chi connectivity index (χ3v) is 3.83. The highest BCUT2D eigenvalue weighted by Crippen LogP contribution is 2.17. The summed E-state index contributed by atoms with van der Waals surface area (Å²) in [6.45, 7) is 6.18. The average Bonchev–Trinajstić information content (AvgIpc) is 2.78. The first kappa shape index (κ1) is 12.4. The topological polar surface area (TPSA) is 45.7 Å². The second-order valence-corrected chi connectivity index (χ2v) is 5.25. The lowest BCUT2D eigenvalue weighted by atomic mass is 10.1. The van der Waals surface area contributed by atoms with E-state index in [-0.39, 0.29) is 12.1 Å². The number of carbonyl (C=O) groups excluding carboxylic acids is 1. The van der Waals surface area contributed by atoms with Crippen LogP contribution in [0.4, 0.5) is 4.79 Å². The van der Waals surface area contributed by atoms with Crippen molar-refractivity contribution in [3.8, 4) is 0 Å². The van der Waals surface area contributed by atoms with Crippen LogP contribution >= 0.6 is 0 Å². The lowest BCUT2D eigenvalue weighted by Gasteiger charge is -2.35. The Morgan fingerprint density at radius 3 is 3.16 bits per heavy atom. The van der Waals surface area contributed by atoms with Crippen molar-refractivity contribution < 1.29 is 9.53 Å². The van der Waals surface area contributed by atoms with E-state index in [4.69, 9.17) is 4.74 Å². The Bertz CT molecular complexity index is 478. The third kappa shape index (κ3) is 2.71. The minimum Gasteiger partial charge on any atom is -0.447 e. The Hall–Kier alpha value is -1.62. The van der Waals surface area contributed by atoms with Gasteiger partial charge in [0.2, 0.25) is 0 Å². The molecule has 0 unspecified atom stereocenters. The molecule has 5 heteroatoms. The van der Waals surface area contributed by atoms with Crippen LogP contribution in [0.1, 0.15) is 11.4 Å². The van der Waals surface area contributed by atoms with Crippen molar-refractivity contribution >= 4 is 6.09 Å². The van der Waals surface area contributed by atoms with E-state index < -0.39 is 0 Å². The van der Waals surface area contributed by atoms with Gasteiger partial charge in [-0.05, 0) is 19.1 Å². The second kappa shape index (κ2) is 5.17. The maximum atomic E-state index is 11.4. The Morgan fingerprint density at radius 2 is 2.32 bits per heavy atom. The van der Waals surface area contributed by atoms with Crippen molar-refractivity contribution in [1.82, 2.24) is 14.8 Å². The van der Waals surface area contributed by atoms with Gasteiger partial charge in [-0.2, -0.15) is 0 Å². The van der Waals surface area contributed by atoms with Gasteiger partial charge in [0.15, 0.2) is 0 Å². The molecule has 0 bridgehead atoms. The number of rotatable bonds is 3. The van der Waals surface area contributed by atoms with Crippen molar-refractivity contribution in [2.45, 2.75) is 19.4 Å². The summed E-state index contributed by atoms with van der Waals surface area (Å²) in [5.41, 5.74) is 2.21. The summed E-state index contributed by atoms with van der Waals surface area (Å²) >= 11 is 0. The molecule has 0 aromatic carbocycles. The fourth-order valence-corrected chi connectivity index (χ4v) is 2.77. The molecule has 2 fully saturated rings. The Morgan fingerprint density at radius 1 is 1.42 bits per heavy atom. The summed E-state index contributed by atoms with van der Waals surface area (Å²) in [7, 11) is 0. The summed E-state index contributed by atoms with van der Waals surface area (Å²) in [6.07, 6.45) is 0.813. The van der Waals surface area contributed by atoms with Gasteiger partial charge in [-0.15, -0.1) is 0 Å². The van der Waals surface area contributed by atoms with E-state index in [1.54, 1.807) is 0 Å². The molecule has 1 aromatic rings. The van der Waals surface area contributed by atoms with E-state index in [1.807, 2.05) is 17.9 Å². The highest BCUT2D eigenvalue weighted by atomic mass is 16.6. The smallest absolute Gasteiger partial charge is 0.410 e. The van der Waals surface area contributed by atoms with E-state index in [9.17, 15) is 4.79 Å². The molecule has 19 heavy (non-hydrogen) atoms. The molecule has 0 radical (unpaired) electrons. The monoisotopic (exact) mass is 261 g/mol. The first-order valence-electron chi connectivity index (χ1n) is 6.80. The van der Waals surface area contributed by atoms with Crippen LogP contribution in [0.25, 0.3) is 0 Å². The minimum atomic E-state index is -0.148. The fraction of sp³-hybridized carbons (Fsp3) is 0.571. The van der Waals surface area contributed by atoms with Crippen molar-refractivity contribution in [3.05, 3.63) is 29.6 Å². The highest BCUT2D eigenvalue weighted by Gasteiger charge is 2.37. The Labute approximate surface area is 113 Å². The minimum absolute atomic E-state index is 0.148. The molecule has 0 saturated carbocycles. The molecule has 2 aliphatic heterocycles. The summed E-state index contributed by atoms with van der Waals surface area (Å²) in [5, 5.41) is 0. The molecule has 0 aliphatic carbocycles. The summed E-state index contributed by atoms with van der Waals surface area (Å²) in [6, 6.07) is 6.39. The molecule has 1 aromatic heterocycles. The van der Waals surface area contributed by atoms with Crippen LogP contribution in [0, 0.1) is 6.92 Å². The van der Waals surface area contributed by atoms with E-state index in [0.29, 0.717) is 6.61 Å². The van der Waals surface area contributed by atoms with Gasteiger partial charge in [0.05, 0.1) is 6.04 Å². The van der Waals surface area contributed by atoms with E-state index in [0.717, 1.165) is 44.0 Å². The SMILES string of the molecule is Cc1cccc(CCN2CCN3C(=O)OC[C@@H]3C2)n1. The number of hydrogen-bond donors (Lipinski definition) is 0. The molecular weight excluding hydrogens is 242 g/mol. The molecule has 5 nitrogen and oxygen atoms in total. The standard InChI is InChI=1S/C14H19N3O2/c1-11-3-2-4-12(15-11)5-6-16-7-8-17-13(9-16)10-19-14(17)18/h2-4,13H,5-10H2,1H3/t13-/m0/s1. The summed E-state index contributed by atoms with van der Waals surface area (Å²) < 4.78 is 5.07. The van der Waals surface area contributed by atoms with Crippen LogP contribution in [-0.2, 0) is 11.2 Å². The van der Waals surface area contributed by atoms with Crippen LogP contribution in [-0.4, -0.2) is 59.7 Å². The van der Waals surface area contributed by atoms with Gasteiger partial charge in [0.1, 0.15) is 6.61 Å². The van der Waals surface area contributed by atoms with Crippen LogP contribution in [0.2, 0.25) is 0 Å². The number of nitrogens with zero attached hydrogens (tertiary/aromatic N) is 3. The highest BCUT2D eigenvalue weighted by molar-refractivity contribution is 5.70. The van der Waals surface area contributed by atoms with E-state index >= 15 is 0 Å². The number of carbonyl (C=O) groups is 1. The zero-order chi connectivity index (χ0) is 13.2. The number of fused-ring (bicyclic) bond motifs is 1. The number of amides is 1. The Balaban J connectivity index is 1.53. The van der Waals surface area contributed by atoms with Crippen molar-refractivity contribution in [1.29, 1.82) is 0 Å². The zero-order valence-corrected chi connectivity index (χ0v) is 11.2. The van der Waals surface area contributed by atoms with Gasteiger partial charge in [-0.3, -0.25) is 14.8 Å². The summed E-state index contributed by atoms with van der Waals surface area (Å²) in [4.78, 5) is 20.2. The van der Waals surface area contributed by atoms with Crippen molar-refractivity contribution in [3.63, 3.8) is 0 Å². The van der Waals surface area contributed by atoms with E-state index in [2.05, 4.69) is 22.0 Å². The van der Waals surface area contributed by atoms with Gasteiger partial charge in [-0.1, -0.05) is 6.07 Å². The van der Waals surface area contributed by atoms with Gasteiger partial charge in [-0.25, -0.2) is 4.79 Å². The number of piperazine rings is 1. The first-order valence-corrected chi connectivity index (χ1v) is 6.80. The average molecular weight is 261 g/mol. The van der Waals surface area contributed by atoms with Crippen LogP contribution in [0.15, 0.2) is 18.2 Å². The molecule has 3 rings (SSSR count). The molecule has 3 heterocycles. The number of ether oxygens (including phenoxy) is 1. The van der Waals surface area contributed by atoms with Crippen molar-refractivity contribution in [2.75, 3.05) is 32.8 Å². The maximum absolute atomic E-state index is 11.4. The van der Waals surface area contributed by atoms with Crippen LogP contribution < -0.4 is 0 Å². The molecule has 0 spiro atoms. The van der Waals surface area contributed by atoms with Crippen molar-refractivity contribution in [2.24, 2.45) is 0 Å². The lowest BCUT2D eigenvalue weighted by molar-refractivity contribution is 0.120. The molecule has 1 amide bonds. The Kier molecular flexibility index (Phi) is 3.38. The predicted molar refractivity (Wildman–Crippen MR) is 71.0 cm³/mol. The molecular formula is C14H19N3O2. The predicted octanol–water partition coefficient (Wildman–Crippen LogP) is 1.07. The molecule has 102 valence electrons. The van der Waals surface area contributed by atoms with Crippen LogP contribution in [0.3, 0.4) is 0 Å². The summed E-state index contributed by atoms with van der Waals surface area (Å²) in [5.74, 6) is 0. The number of aryl methyl sites for hydroxylation is 1. The largest absolute Gasteiger partial charge is 0.447 e. The first-order chi connectivity index (χ1) is 9.22. The second-order valence-electron chi connectivity index (χ2n) is 5.25. The lowest BCUT2D eigenvalue weighted by Crippen LogP contribution is -2.52. The normalized spacial score (nSPS) is 23.3. The quantitative estimate of drug-likeness (QED) is 0.816. The number of hydrogen-bond acceptors (Lipinski definition) is 4. The number of aromatic nitrogens is 1. The third-order valence-electron chi connectivity index (χ3n) is 3.83. The molecule has 2 saturated heterocycles. The molecule has 1 atom stereocenters.